The Morgan fingerprint density at radius 1 is 1.25 bits per heavy atom. The van der Waals surface area contributed by atoms with Crippen LogP contribution >= 0.6 is 11.6 Å². The molecule has 0 spiro atoms. The predicted molar refractivity (Wildman–Crippen MR) is 81.2 cm³/mol. The van der Waals surface area contributed by atoms with E-state index in [1.54, 1.807) is 0 Å². The van der Waals surface area contributed by atoms with Gasteiger partial charge in [0.25, 0.3) is 0 Å². The normalized spacial score (nSPS) is 18.4. The van der Waals surface area contributed by atoms with Gasteiger partial charge in [0.2, 0.25) is 5.28 Å². The summed E-state index contributed by atoms with van der Waals surface area (Å²) < 4.78 is 0. The molecule has 4 nitrogen and oxygen atoms in total. The van der Waals surface area contributed by atoms with Gasteiger partial charge in [-0.2, -0.15) is 4.98 Å². The molecular weight excluding hydrogens is 274 g/mol. The number of nitrogens with zero attached hydrogens (tertiary/aromatic N) is 3. The second kappa shape index (κ2) is 5.54. The van der Waals surface area contributed by atoms with Gasteiger partial charge in [0, 0.05) is 18.5 Å². The van der Waals surface area contributed by atoms with Crippen LogP contribution in [0.1, 0.15) is 19.8 Å². The van der Waals surface area contributed by atoms with Crippen LogP contribution in [-0.4, -0.2) is 34.3 Å². The van der Waals surface area contributed by atoms with Crippen LogP contribution in [0.2, 0.25) is 5.28 Å². The van der Waals surface area contributed by atoms with Gasteiger partial charge in [-0.15, -0.1) is 0 Å². The molecule has 1 atom stereocenters. The number of piperidine rings is 1. The van der Waals surface area contributed by atoms with Gasteiger partial charge in [-0.3, -0.25) is 0 Å². The Balaban J connectivity index is 1.91. The van der Waals surface area contributed by atoms with Crippen molar-refractivity contribution in [3.05, 3.63) is 29.5 Å². The summed E-state index contributed by atoms with van der Waals surface area (Å²) in [6.45, 7) is 3.66. The van der Waals surface area contributed by atoms with Crippen molar-refractivity contribution in [2.75, 3.05) is 18.0 Å². The van der Waals surface area contributed by atoms with E-state index in [1.807, 2.05) is 31.2 Å². The van der Waals surface area contributed by atoms with E-state index in [1.165, 1.54) is 0 Å². The van der Waals surface area contributed by atoms with Gasteiger partial charge in [0.15, 0.2) is 0 Å². The highest BCUT2D eigenvalue weighted by Gasteiger charge is 2.24. The fraction of sp³-hybridized carbons (Fsp3) is 0.467. The Bertz CT molecular complexity index is 609. The minimum Gasteiger partial charge on any atom is -0.393 e. The maximum Gasteiger partial charge on any atom is 0.224 e. The van der Waals surface area contributed by atoms with E-state index in [9.17, 15) is 5.11 Å². The zero-order valence-corrected chi connectivity index (χ0v) is 12.2. The molecule has 0 radical (unpaired) electrons. The molecule has 2 aromatic rings. The number of aliphatic hydroxyl groups excluding tert-OH is 1. The van der Waals surface area contributed by atoms with Gasteiger partial charge in [-0.05, 0) is 49.4 Å². The molecule has 1 saturated heterocycles. The fourth-order valence-electron chi connectivity index (χ4n) is 2.87. The van der Waals surface area contributed by atoms with E-state index in [2.05, 4.69) is 14.9 Å². The van der Waals surface area contributed by atoms with Crippen LogP contribution in [-0.2, 0) is 0 Å². The molecule has 3 rings (SSSR count). The van der Waals surface area contributed by atoms with Crippen LogP contribution in [0.25, 0.3) is 10.9 Å². The zero-order valence-electron chi connectivity index (χ0n) is 11.5. The van der Waals surface area contributed by atoms with Crippen LogP contribution < -0.4 is 4.90 Å². The first-order chi connectivity index (χ1) is 9.65. The lowest BCUT2D eigenvalue weighted by Gasteiger charge is -2.34. The van der Waals surface area contributed by atoms with Crippen LogP contribution in [0.5, 0.6) is 0 Å². The monoisotopic (exact) mass is 291 g/mol. The molecule has 1 aliphatic heterocycles. The second-order valence-corrected chi connectivity index (χ2v) is 5.74. The number of hydrogen-bond acceptors (Lipinski definition) is 4. The van der Waals surface area contributed by atoms with Crippen molar-refractivity contribution >= 4 is 28.3 Å². The lowest BCUT2D eigenvalue weighted by atomic mass is 9.92. The highest BCUT2D eigenvalue weighted by atomic mass is 35.5. The van der Waals surface area contributed by atoms with Crippen molar-refractivity contribution in [3.63, 3.8) is 0 Å². The maximum absolute atomic E-state index is 9.68. The summed E-state index contributed by atoms with van der Waals surface area (Å²) in [6.07, 6.45) is 1.73. The van der Waals surface area contributed by atoms with Gasteiger partial charge >= 0.3 is 0 Å². The summed E-state index contributed by atoms with van der Waals surface area (Å²) >= 11 is 6.03. The Hall–Kier alpha value is -1.39. The van der Waals surface area contributed by atoms with Crippen LogP contribution in [0.4, 0.5) is 5.82 Å². The van der Waals surface area contributed by atoms with Gasteiger partial charge in [-0.1, -0.05) is 12.1 Å². The lowest BCUT2D eigenvalue weighted by molar-refractivity contribution is 0.110. The molecule has 0 aliphatic carbocycles. The molecule has 20 heavy (non-hydrogen) atoms. The van der Waals surface area contributed by atoms with E-state index in [0.717, 1.165) is 42.7 Å². The Morgan fingerprint density at radius 2 is 1.95 bits per heavy atom. The topological polar surface area (TPSA) is 49.2 Å². The molecule has 1 aliphatic rings. The van der Waals surface area contributed by atoms with E-state index >= 15 is 0 Å². The molecule has 0 saturated carbocycles. The lowest BCUT2D eigenvalue weighted by Crippen LogP contribution is -2.37. The van der Waals surface area contributed by atoms with Crippen molar-refractivity contribution < 1.29 is 5.11 Å². The molecule has 0 amide bonds. The van der Waals surface area contributed by atoms with Crippen LogP contribution in [0.3, 0.4) is 0 Å². The van der Waals surface area contributed by atoms with Gasteiger partial charge in [0.1, 0.15) is 5.82 Å². The summed E-state index contributed by atoms with van der Waals surface area (Å²) in [7, 11) is 0. The van der Waals surface area contributed by atoms with Crippen LogP contribution in [0.15, 0.2) is 24.3 Å². The van der Waals surface area contributed by atoms with Crippen LogP contribution in [0, 0.1) is 5.92 Å². The molecular formula is C15H18ClN3O. The summed E-state index contributed by atoms with van der Waals surface area (Å²) in [5.74, 6) is 1.29. The first-order valence-electron chi connectivity index (χ1n) is 7.00. The maximum atomic E-state index is 9.68. The molecule has 5 heteroatoms. The molecule has 1 aromatic heterocycles. The van der Waals surface area contributed by atoms with Crippen molar-refractivity contribution in [1.29, 1.82) is 0 Å². The van der Waals surface area contributed by atoms with Crippen molar-refractivity contribution in [2.24, 2.45) is 5.92 Å². The molecule has 1 unspecified atom stereocenters. The van der Waals surface area contributed by atoms with E-state index in [-0.39, 0.29) is 11.4 Å². The fourth-order valence-corrected chi connectivity index (χ4v) is 3.04. The smallest absolute Gasteiger partial charge is 0.224 e. The van der Waals surface area contributed by atoms with E-state index in [0.29, 0.717) is 5.92 Å². The van der Waals surface area contributed by atoms with E-state index < -0.39 is 0 Å². The SMILES string of the molecule is CC(O)C1CCN(c2nc(Cl)nc3ccccc23)CC1. The molecule has 1 N–H and O–H groups in total. The highest BCUT2D eigenvalue weighted by molar-refractivity contribution is 6.28. The average Bonchev–Trinajstić information content (AvgIpc) is 2.46. The molecule has 106 valence electrons. The summed E-state index contributed by atoms with van der Waals surface area (Å²) in [5, 5.41) is 11.0. The Kier molecular flexibility index (Phi) is 3.76. The predicted octanol–water partition coefficient (Wildman–Crippen LogP) is 2.88. The van der Waals surface area contributed by atoms with Crippen molar-refractivity contribution in [2.45, 2.75) is 25.9 Å². The second-order valence-electron chi connectivity index (χ2n) is 5.40. The van der Waals surface area contributed by atoms with Gasteiger partial charge < -0.3 is 10.0 Å². The largest absolute Gasteiger partial charge is 0.393 e. The van der Waals surface area contributed by atoms with Crippen molar-refractivity contribution in [1.82, 2.24) is 9.97 Å². The number of halogens is 1. The third-order valence-corrected chi connectivity index (χ3v) is 4.25. The van der Waals surface area contributed by atoms with E-state index in [4.69, 9.17) is 11.6 Å². The Morgan fingerprint density at radius 3 is 2.65 bits per heavy atom. The number of hydrogen-bond donors (Lipinski definition) is 1. The highest BCUT2D eigenvalue weighted by Crippen LogP contribution is 2.29. The minimum atomic E-state index is -0.233. The molecule has 1 fully saturated rings. The third kappa shape index (κ3) is 2.58. The standard InChI is InChI=1S/C15H18ClN3O/c1-10(20)11-6-8-19(9-7-11)14-12-4-2-3-5-13(12)17-15(16)18-14/h2-5,10-11,20H,6-9H2,1H3. The quantitative estimate of drug-likeness (QED) is 0.865. The first kappa shape index (κ1) is 13.6. The number of rotatable bonds is 2. The molecule has 0 bridgehead atoms. The number of benzene rings is 1. The summed E-state index contributed by atoms with van der Waals surface area (Å²) in [6, 6.07) is 7.93. The summed E-state index contributed by atoms with van der Waals surface area (Å²) in [5.41, 5.74) is 0.875. The van der Waals surface area contributed by atoms with Crippen molar-refractivity contribution in [3.8, 4) is 0 Å². The number of anilines is 1. The third-order valence-electron chi connectivity index (χ3n) is 4.08. The molecule has 2 heterocycles. The zero-order chi connectivity index (χ0) is 14.1. The summed E-state index contributed by atoms with van der Waals surface area (Å²) in [4.78, 5) is 10.9. The molecule has 1 aromatic carbocycles. The Labute approximate surface area is 123 Å². The van der Waals surface area contributed by atoms with Gasteiger partial charge in [-0.25, -0.2) is 4.98 Å². The average molecular weight is 292 g/mol. The number of aromatic nitrogens is 2. The van der Waals surface area contributed by atoms with Gasteiger partial charge in [0.05, 0.1) is 11.6 Å². The minimum absolute atomic E-state index is 0.233. The number of para-hydroxylation sites is 1. The number of fused-ring (bicyclic) bond motifs is 1. The number of aliphatic hydroxyl groups is 1. The first-order valence-corrected chi connectivity index (χ1v) is 7.38.